The lowest BCUT2D eigenvalue weighted by Crippen LogP contribution is -2.15. The van der Waals surface area contributed by atoms with Gasteiger partial charge < -0.3 is 5.32 Å². The van der Waals surface area contributed by atoms with Gasteiger partial charge in [0.1, 0.15) is 11.3 Å². The van der Waals surface area contributed by atoms with E-state index < -0.39 is 21.5 Å². The first kappa shape index (κ1) is 19.1. The molecule has 3 heterocycles. The molecule has 0 aliphatic carbocycles. The summed E-state index contributed by atoms with van der Waals surface area (Å²) in [7, 11) is -1.89. The Morgan fingerprint density at radius 2 is 1.97 bits per heavy atom. The fraction of sp³-hybridized carbons (Fsp3) is 0.0500. The van der Waals surface area contributed by atoms with Crippen LogP contribution in [0.2, 0.25) is 0 Å². The Bertz CT molecular complexity index is 1480. The van der Waals surface area contributed by atoms with Crippen LogP contribution in [0.3, 0.4) is 0 Å². The summed E-state index contributed by atoms with van der Waals surface area (Å²) in [6.45, 7) is 0. The Labute approximate surface area is 175 Å². The molecule has 2 aromatic heterocycles. The normalized spacial score (nSPS) is 14.0. The number of benzene rings is 2. The second-order valence-electron chi connectivity index (χ2n) is 6.73. The smallest absolute Gasteiger partial charge is 0.237 e. The molecule has 8 nitrogen and oxygen atoms in total. The highest BCUT2D eigenvalue weighted by Gasteiger charge is 2.27. The molecule has 2 aromatic carbocycles. The highest BCUT2D eigenvalue weighted by Crippen LogP contribution is 2.39. The molecular formula is C20H14F2N6O2S. The van der Waals surface area contributed by atoms with Crippen molar-refractivity contribution < 1.29 is 17.2 Å². The predicted molar refractivity (Wildman–Crippen MR) is 112 cm³/mol. The van der Waals surface area contributed by atoms with E-state index in [2.05, 4.69) is 25.5 Å². The van der Waals surface area contributed by atoms with E-state index in [1.54, 1.807) is 25.2 Å². The van der Waals surface area contributed by atoms with Gasteiger partial charge in [-0.3, -0.25) is 10.00 Å². The second-order valence-corrected chi connectivity index (χ2v) is 8.53. The van der Waals surface area contributed by atoms with E-state index in [4.69, 9.17) is 0 Å². The van der Waals surface area contributed by atoms with Gasteiger partial charge in [-0.05, 0) is 42.0 Å². The minimum Gasteiger partial charge on any atom is -0.373 e. The summed E-state index contributed by atoms with van der Waals surface area (Å²) in [5, 5.41) is 11.0. The molecule has 11 heteroatoms. The van der Waals surface area contributed by atoms with Crippen LogP contribution in [0.5, 0.6) is 0 Å². The third-order valence-electron chi connectivity index (χ3n) is 4.91. The minimum absolute atomic E-state index is 0.122. The number of nitrogens with zero attached hydrogens (tertiary/aromatic N) is 4. The van der Waals surface area contributed by atoms with Crippen molar-refractivity contribution in [3.63, 3.8) is 0 Å². The number of anilines is 4. The Hall–Kier alpha value is -3.86. The first-order chi connectivity index (χ1) is 14.9. The van der Waals surface area contributed by atoms with Crippen LogP contribution < -0.4 is 10.2 Å². The zero-order valence-corrected chi connectivity index (χ0v) is 16.8. The first-order valence-electron chi connectivity index (χ1n) is 9.09. The molecule has 0 saturated carbocycles. The van der Waals surface area contributed by atoms with Crippen LogP contribution in [0.4, 0.5) is 32.1 Å². The maximum absolute atomic E-state index is 14.3. The van der Waals surface area contributed by atoms with Crippen molar-refractivity contribution in [1.82, 2.24) is 20.2 Å². The van der Waals surface area contributed by atoms with Gasteiger partial charge in [-0.15, -0.1) is 0 Å². The van der Waals surface area contributed by atoms with E-state index in [1.165, 1.54) is 29.3 Å². The number of H-pyrrole nitrogens is 1. The zero-order valence-electron chi connectivity index (χ0n) is 16.0. The van der Waals surface area contributed by atoms with Crippen molar-refractivity contribution in [1.29, 1.82) is 0 Å². The fourth-order valence-corrected chi connectivity index (χ4v) is 4.62. The SMILES string of the molecule is CNc1ccnc(N(c2ccc3c(c2)S(=O)(=O)C=C3)c2n[nH]c3c(F)c(F)ccc23)n1. The molecule has 0 amide bonds. The van der Waals surface area contributed by atoms with Crippen molar-refractivity contribution in [3.05, 3.63) is 65.2 Å². The van der Waals surface area contributed by atoms with Crippen LogP contribution in [0.25, 0.3) is 17.0 Å². The van der Waals surface area contributed by atoms with E-state index >= 15 is 0 Å². The zero-order chi connectivity index (χ0) is 21.8. The summed E-state index contributed by atoms with van der Waals surface area (Å²) >= 11 is 0. The number of sulfone groups is 1. The third-order valence-corrected chi connectivity index (χ3v) is 6.37. The van der Waals surface area contributed by atoms with Gasteiger partial charge in [0.2, 0.25) is 15.8 Å². The molecule has 5 rings (SSSR count). The van der Waals surface area contributed by atoms with Crippen LogP contribution >= 0.6 is 0 Å². The maximum Gasteiger partial charge on any atom is 0.237 e. The van der Waals surface area contributed by atoms with Crippen LogP contribution in [-0.2, 0) is 9.84 Å². The number of hydrogen-bond donors (Lipinski definition) is 2. The number of aromatic amines is 1. The summed E-state index contributed by atoms with van der Waals surface area (Å²) in [6, 6.07) is 8.83. The lowest BCUT2D eigenvalue weighted by molar-refractivity contribution is 0.515. The topological polar surface area (TPSA) is 104 Å². The lowest BCUT2D eigenvalue weighted by atomic mass is 10.1. The minimum atomic E-state index is -3.58. The molecule has 2 N–H and O–H groups in total. The van der Waals surface area contributed by atoms with E-state index in [-0.39, 0.29) is 27.6 Å². The number of nitrogens with one attached hydrogen (secondary N) is 2. The van der Waals surface area contributed by atoms with E-state index in [9.17, 15) is 17.2 Å². The molecule has 0 saturated heterocycles. The summed E-state index contributed by atoms with van der Waals surface area (Å²) in [6.07, 6.45) is 3.03. The van der Waals surface area contributed by atoms with Gasteiger partial charge in [-0.1, -0.05) is 6.07 Å². The fourth-order valence-electron chi connectivity index (χ4n) is 3.40. The van der Waals surface area contributed by atoms with Gasteiger partial charge in [-0.25, -0.2) is 22.2 Å². The van der Waals surface area contributed by atoms with Gasteiger partial charge in [-0.2, -0.15) is 10.1 Å². The third kappa shape index (κ3) is 3.01. The van der Waals surface area contributed by atoms with Gasteiger partial charge in [0.05, 0.1) is 10.6 Å². The Balaban J connectivity index is 1.77. The summed E-state index contributed by atoms with van der Waals surface area (Å²) in [5.74, 6) is -1.24. The number of rotatable bonds is 4. The van der Waals surface area contributed by atoms with Gasteiger partial charge in [0.15, 0.2) is 17.5 Å². The lowest BCUT2D eigenvalue weighted by Gasteiger charge is -2.22. The van der Waals surface area contributed by atoms with Crippen LogP contribution in [-0.4, -0.2) is 35.6 Å². The molecule has 0 atom stereocenters. The van der Waals surface area contributed by atoms with E-state index in [0.29, 0.717) is 17.1 Å². The molecular weight excluding hydrogens is 426 g/mol. The van der Waals surface area contributed by atoms with Crippen LogP contribution in [0.15, 0.2) is 52.9 Å². The Morgan fingerprint density at radius 3 is 2.77 bits per heavy atom. The number of hydrogen-bond acceptors (Lipinski definition) is 7. The van der Waals surface area contributed by atoms with Crippen molar-refractivity contribution >= 4 is 50.1 Å². The largest absolute Gasteiger partial charge is 0.373 e. The van der Waals surface area contributed by atoms with Crippen molar-refractivity contribution in [2.75, 3.05) is 17.3 Å². The highest BCUT2D eigenvalue weighted by molar-refractivity contribution is 7.94. The standard InChI is InChI=1S/C20H14F2N6O2S/c1-23-16-6-8-24-20(25-16)28(12-3-2-11-7-9-31(29,30)15(11)10-12)19-13-4-5-14(21)17(22)18(13)26-27-19/h2-10H,1H3,(H,26,27)(H,23,24,25). The molecule has 0 unspecified atom stereocenters. The number of aromatic nitrogens is 4. The molecule has 1 aliphatic heterocycles. The van der Waals surface area contributed by atoms with Crippen LogP contribution in [0, 0.1) is 11.6 Å². The Morgan fingerprint density at radius 1 is 1.13 bits per heavy atom. The van der Waals surface area contributed by atoms with Crippen molar-refractivity contribution in [2.24, 2.45) is 0 Å². The molecule has 156 valence electrons. The van der Waals surface area contributed by atoms with Gasteiger partial charge in [0.25, 0.3) is 0 Å². The molecule has 0 fully saturated rings. The summed E-state index contributed by atoms with van der Waals surface area (Å²) in [5.41, 5.74) is 0.811. The second kappa shape index (κ2) is 6.84. The summed E-state index contributed by atoms with van der Waals surface area (Å²) in [4.78, 5) is 10.3. The van der Waals surface area contributed by atoms with E-state index in [0.717, 1.165) is 11.5 Å². The van der Waals surface area contributed by atoms with Crippen molar-refractivity contribution in [2.45, 2.75) is 4.90 Å². The highest BCUT2D eigenvalue weighted by atomic mass is 32.2. The predicted octanol–water partition coefficient (Wildman–Crippen LogP) is 3.90. The number of fused-ring (bicyclic) bond motifs is 2. The molecule has 0 spiro atoms. The molecule has 31 heavy (non-hydrogen) atoms. The molecule has 4 aromatic rings. The molecule has 0 radical (unpaired) electrons. The van der Waals surface area contributed by atoms with E-state index in [1.807, 2.05) is 0 Å². The monoisotopic (exact) mass is 440 g/mol. The average Bonchev–Trinajstić information content (AvgIpc) is 3.33. The quantitative estimate of drug-likeness (QED) is 0.496. The van der Waals surface area contributed by atoms with Crippen molar-refractivity contribution in [3.8, 4) is 0 Å². The molecule has 1 aliphatic rings. The van der Waals surface area contributed by atoms with Gasteiger partial charge >= 0.3 is 0 Å². The van der Waals surface area contributed by atoms with Gasteiger partial charge in [0, 0.05) is 24.0 Å². The number of halogens is 2. The molecule has 0 bridgehead atoms. The summed E-state index contributed by atoms with van der Waals surface area (Å²) < 4.78 is 52.8. The first-order valence-corrected chi connectivity index (χ1v) is 10.6. The van der Waals surface area contributed by atoms with Crippen LogP contribution in [0.1, 0.15) is 5.56 Å². The average molecular weight is 440 g/mol. The maximum atomic E-state index is 14.3. The Kier molecular flexibility index (Phi) is 4.22.